The molecule has 0 heterocycles. The molecule has 1 fully saturated rings. The molecule has 1 unspecified atom stereocenters. The summed E-state index contributed by atoms with van der Waals surface area (Å²) in [6, 6.07) is 18.2. The number of aliphatic hydroxyl groups is 3. The van der Waals surface area contributed by atoms with Crippen LogP contribution in [-0.2, 0) is 0 Å². The Morgan fingerprint density at radius 2 is 1.06 bits per heavy atom. The molecule has 50 heavy (non-hydrogen) atoms. The van der Waals surface area contributed by atoms with E-state index in [1.54, 1.807) is 36.4 Å². The molecule has 0 saturated heterocycles. The number of aliphatic hydroxyl groups excluding tert-OH is 3. The number of nitrogens with zero attached hydrogens (tertiary/aromatic N) is 3. The maximum Gasteiger partial charge on any atom is 0.269 e. The standard InChI is InChI=1S/C23H30N4O6.C12H18N2O3/c28-16-19(24-17-6-10-20(11-7-17)26(30)31)4-3-5-22(29)23(14-1-2-15-23)25-18-8-12-21(13-9-18)27(32)33;1-9(2)7-11(8-15)13-10-3-5-12(6-4-10)14(16)17/h6-13,19,22,24-25,28-29H,1-5,14-16H2;3-6,9,11,13,15H,7-8H2,1-2H3/t19?,22-;11-/m00/s1. The van der Waals surface area contributed by atoms with Gasteiger partial charge in [-0.15, -0.1) is 0 Å². The highest BCUT2D eigenvalue weighted by molar-refractivity contribution is 5.51. The van der Waals surface area contributed by atoms with Gasteiger partial charge in [-0.1, -0.05) is 26.7 Å². The number of benzene rings is 3. The van der Waals surface area contributed by atoms with E-state index >= 15 is 0 Å². The minimum atomic E-state index is -0.603. The summed E-state index contributed by atoms with van der Waals surface area (Å²) < 4.78 is 0. The van der Waals surface area contributed by atoms with E-state index in [-0.39, 0.29) is 42.4 Å². The first-order chi connectivity index (χ1) is 23.8. The number of nitro benzene ring substituents is 3. The molecule has 0 radical (unpaired) electrons. The number of non-ortho nitro benzene ring substituents is 3. The molecule has 15 nitrogen and oxygen atoms in total. The van der Waals surface area contributed by atoms with E-state index in [9.17, 15) is 45.7 Å². The third kappa shape index (κ3) is 12.2. The van der Waals surface area contributed by atoms with Crippen LogP contribution in [0, 0.1) is 36.3 Å². The predicted molar refractivity (Wildman–Crippen MR) is 192 cm³/mol. The summed E-state index contributed by atoms with van der Waals surface area (Å²) in [5.74, 6) is 0.484. The van der Waals surface area contributed by atoms with Crippen LogP contribution in [0.4, 0.5) is 34.1 Å². The number of nitrogens with one attached hydrogen (secondary N) is 3. The van der Waals surface area contributed by atoms with Gasteiger partial charge in [0.05, 0.1) is 39.6 Å². The maximum absolute atomic E-state index is 11.0. The molecule has 0 spiro atoms. The summed E-state index contributed by atoms with van der Waals surface area (Å²) >= 11 is 0. The maximum atomic E-state index is 11.0. The first-order valence-corrected chi connectivity index (χ1v) is 16.8. The van der Waals surface area contributed by atoms with Crippen molar-refractivity contribution in [2.24, 2.45) is 5.92 Å². The summed E-state index contributed by atoms with van der Waals surface area (Å²) in [7, 11) is 0. The topological polar surface area (TPSA) is 226 Å². The van der Waals surface area contributed by atoms with Crippen LogP contribution in [0.2, 0.25) is 0 Å². The third-order valence-electron chi connectivity index (χ3n) is 8.73. The van der Waals surface area contributed by atoms with Crippen LogP contribution < -0.4 is 16.0 Å². The van der Waals surface area contributed by atoms with Crippen molar-refractivity contribution in [1.29, 1.82) is 0 Å². The Morgan fingerprint density at radius 1 is 0.660 bits per heavy atom. The molecule has 0 aromatic heterocycles. The number of hydrogen-bond acceptors (Lipinski definition) is 12. The fraction of sp³-hybridized carbons (Fsp3) is 0.486. The van der Waals surface area contributed by atoms with Gasteiger partial charge in [-0.3, -0.25) is 30.3 Å². The van der Waals surface area contributed by atoms with Crippen LogP contribution in [0.25, 0.3) is 0 Å². The molecule has 0 aliphatic heterocycles. The third-order valence-corrected chi connectivity index (χ3v) is 8.73. The van der Waals surface area contributed by atoms with E-state index < -0.39 is 26.4 Å². The van der Waals surface area contributed by atoms with Crippen molar-refractivity contribution in [3.63, 3.8) is 0 Å². The quantitative estimate of drug-likeness (QED) is 0.0607. The van der Waals surface area contributed by atoms with Gasteiger partial charge in [0.15, 0.2) is 0 Å². The van der Waals surface area contributed by atoms with Gasteiger partial charge in [0.2, 0.25) is 0 Å². The highest BCUT2D eigenvalue weighted by Gasteiger charge is 2.40. The summed E-state index contributed by atoms with van der Waals surface area (Å²) in [6.07, 6.45) is 5.72. The summed E-state index contributed by atoms with van der Waals surface area (Å²) in [5, 5.41) is 71.9. The SMILES string of the molecule is CC(C)C[C@@H](CO)Nc1ccc([N+](=O)[O-])cc1.O=[N+]([O-])c1ccc(NC(CO)CCC[C@H](O)C2(Nc3ccc([N+](=O)[O-])cc3)CCCC2)cc1. The molecule has 3 aromatic rings. The molecular weight excluding hydrogens is 648 g/mol. The molecule has 3 aromatic carbocycles. The Labute approximate surface area is 291 Å². The first-order valence-electron chi connectivity index (χ1n) is 16.8. The Balaban J connectivity index is 0.000000335. The van der Waals surface area contributed by atoms with E-state index in [2.05, 4.69) is 29.8 Å². The van der Waals surface area contributed by atoms with Gasteiger partial charge >= 0.3 is 0 Å². The molecule has 1 aliphatic carbocycles. The lowest BCUT2D eigenvalue weighted by atomic mass is 9.86. The molecule has 15 heteroatoms. The van der Waals surface area contributed by atoms with E-state index in [0.29, 0.717) is 30.9 Å². The average molecular weight is 697 g/mol. The zero-order valence-electron chi connectivity index (χ0n) is 28.4. The Kier molecular flexibility index (Phi) is 15.3. The van der Waals surface area contributed by atoms with Crippen molar-refractivity contribution in [1.82, 2.24) is 0 Å². The van der Waals surface area contributed by atoms with Crippen molar-refractivity contribution in [2.45, 2.75) is 88.9 Å². The molecule has 272 valence electrons. The largest absolute Gasteiger partial charge is 0.394 e. The van der Waals surface area contributed by atoms with Crippen LogP contribution in [0.1, 0.15) is 65.2 Å². The van der Waals surface area contributed by atoms with Crippen molar-refractivity contribution in [3.05, 3.63) is 103 Å². The number of anilines is 3. The molecule has 0 bridgehead atoms. The first kappa shape index (κ1) is 39.6. The molecule has 6 N–H and O–H groups in total. The van der Waals surface area contributed by atoms with Crippen molar-refractivity contribution in [3.8, 4) is 0 Å². The second kappa shape index (κ2) is 19.4. The monoisotopic (exact) mass is 696 g/mol. The minimum Gasteiger partial charge on any atom is -0.394 e. The van der Waals surface area contributed by atoms with Gasteiger partial charge in [-0.25, -0.2) is 0 Å². The number of rotatable bonds is 18. The lowest BCUT2D eigenvalue weighted by Crippen LogP contribution is -2.47. The summed E-state index contributed by atoms with van der Waals surface area (Å²) in [6.45, 7) is 4.12. The second-order valence-electron chi connectivity index (χ2n) is 13.0. The molecule has 1 aliphatic rings. The fourth-order valence-corrected chi connectivity index (χ4v) is 6.12. The van der Waals surface area contributed by atoms with Gasteiger partial charge in [-0.05, 0) is 80.8 Å². The predicted octanol–water partition coefficient (Wildman–Crippen LogP) is 6.65. The highest BCUT2D eigenvalue weighted by atomic mass is 16.6. The van der Waals surface area contributed by atoms with Crippen molar-refractivity contribution < 1.29 is 30.1 Å². The van der Waals surface area contributed by atoms with Crippen LogP contribution in [-0.4, -0.2) is 67.0 Å². The average Bonchev–Trinajstić information content (AvgIpc) is 3.58. The van der Waals surface area contributed by atoms with Gasteiger partial charge in [0.25, 0.3) is 17.1 Å². The van der Waals surface area contributed by atoms with E-state index in [1.165, 1.54) is 36.4 Å². The zero-order valence-corrected chi connectivity index (χ0v) is 28.4. The molecule has 0 amide bonds. The van der Waals surface area contributed by atoms with Crippen LogP contribution in [0.3, 0.4) is 0 Å². The van der Waals surface area contributed by atoms with E-state index in [1.807, 2.05) is 0 Å². The zero-order chi connectivity index (χ0) is 36.7. The van der Waals surface area contributed by atoms with Gasteiger partial charge in [0.1, 0.15) is 0 Å². The molecule has 1 saturated carbocycles. The Bertz CT molecular complexity index is 1500. The normalized spacial score (nSPS) is 15.2. The van der Waals surface area contributed by atoms with Crippen LogP contribution >= 0.6 is 0 Å². The molecule has 4 rings (SSSR count). The number of hydrogen-bond donors (Lipinski definition) is 6. The van der Waals surface area contributed by atoms with Crippen LogP contribution in [0.5, 0.6) is 0 Å². The lowest BCUT2D eigenvalue weighted by molar-refractivity contribution is -0.385. The lowest BCUT2D eigenvalue weighted by Gasteiger charge is -2.36. The van der Waals surface area contributed by atoms with Crippen LogP contribution in [0.15, 0.2) is 72.8 Å². The van der Waals surface area contributed by atoms with E-state index in [4.69, 9.17) is 0 Å². The fourth-order valence-electron chi connectivity index (χ4n) is 6.12. The Hall–Kier alpha value is -4.86. The van der Waals surface area contributed by atoms with Gasteiger partial charge < -0.3 is 31.3 Å². The summed E-state index contributed by atoms with van der Waals surface area (Å²) in [5.41, 5.74) is 1.84. The van der Waals surface area contributed by atoms with E-state index in [0.717, 1.165) is 43.5 Å². The van der Waals surface area contributed by atoms with Crippen molar-refractivity contribution >= 4 is 34.1 Å². The highest BCUT2D eigenvalue weighted by Crippen LogP contribution is 2.38. The van der Waals surface area contributed by atoms with Crippen molar-refractivity contribution in [2.75, 3.05) is 29.2 Å². The Morgan fingerprint density at radius 3 is 1.44 bits per heavy atom. The minimum absolute atomic E-state index is 0.00611. The molecule has 3 atom stereocenters. The molecular formula is C35H48N6O9. The van der Waals surface area contributed by atoms with Gasteiger partial charge in [-0.2, -0.15) is 0 Å². The summed E-state index contributed by atoms with van der Waals surface area (Å²) in [4.78, 5) is 30.8. The smallest absolute Gasteiger partial charge is 0.269 e. The second-order valence-corrected chi connectivity index (χ2v) is 13.0. The number of nitro groups is 3. The van der Waals surface area contributed by atoms with Gasteiger partial charge in [0, 0.05) is 65.5 Å².